The Labute approximate surface area is 196 Å². The normalized spacial score (nSPS) is 16.1. The predicted molar refractivity (Wildman–Crippen MR) is 136 cm³/mol. The average Bonchev–Trinajstić information content (AvgIpc) is 3.44. The molecule has 0 saturated heterocycles. The molecule has 3 heterocycles. The molecular formula is C26H25N5OS. The van der Waals surface area contributed by atoms with Crippen molar-refractivity contribution in [3.63, 3.8) is 0 Å². The van der Waals surface area contributed by atoms with Crippen LogP contribution in [0.1, 0.15) is 34.8 Å². The van der Waals surface area contributed by atoms with Crippen LogP contribution in [-0.4, -0.2) is 28.9 Å². The summed E-state index contributed by atoms with van der Waals surface area (Å²) in [4.78, 5) is 16.5. The predicted octanol–water partition coefficient (Wildman–Crippen LogP) is 5.42. The van der Waals surface area contributed by atoms with Crippen LogP contribution in [0.2, 0.25) is 0 Å². The second-order valence-electron chi connectivity index (χ2n) is 8.63. The zero-order valence-corrected chi connectivity index (χ0v) is 19.9. The molecule has 5 rings (SSSR count). The molecule has 0 aliphatic carbocycles. The number of carbonyl (C=O) groups is 1. The van der Waals surface area contributed by atoms with Gasteiger partial charge in [0.05, 0.1) is 16.3 Å². The average molecular weight is 456 g/mol. The van der Waals surface area contributed by atoms with Gasteiger partial charge in [0.15, 0.2) is 0 Å². The first-order valence-electron chi connectivity index (χ1n) is 10.8. The smallest absolute Gasteiger partial charge is 0.281 e. The number of aryl methyl sites for hydroxylation is 1. The van der Waals surface area contributed by atoms with Gasteiger partial charge in [-0.25, -0.2) is 10.1 Å². The lowest BCUT2D eigenvalue weighted by Crippen LogP contribution is -2.23. The number of hydrazone groups is 1. The zero-order chi connectivity index (χ0) is 23.2. The number of benzene rings is 2. The molecular weight excluding hydrogens is 430 g/mol. The molecule has 0 radical (unpaired) electrons. The van der Waals surface area contributed by atoms with E-state index in [0.717, 1.165) is 27.3 Å². The maximum absolute atomic E-state index is 12.8. The van der Waals surface area contributed by atoms with Crippen LogP contribution < -0.4 is 10.3 Å². The Balaban J connectivity index is 1.35. The fourth-order valence-electron chi connectivity index (χ4n) is 4.46. The summed E-state index contributed by atoms with van der Waals surface area (Å²) < 4.78 is 1.88. The molecule has 0 atom stereocenters. The number of para-hydroxylation sites is 2. The van der Waals surface area contributed by atoms with Gasteiger partial charge in [0.25, 0.3) is 5.91 Å². The van der Waals surface area contributed by atoms with E-state index in [1.807, 2.05) is 60.1 Å². The standard InChI is InChI=1S/C26H25N5OS/c1-17-19-16-22(33-25(19)31(29-17)18-10-6-5-7-11-18)24(32)28-27-15-14-23-26(2,3)20-12-8-9-13-21(20)30(23)4/h5-16H,1-4H3,(H,28,32)/b23-14-,27-15-. The van der Waals surface area contributed by atoms with Gasteiger partial charge in [-0.1, -0.05) is 50.2 Å². The lowest BCUT2D eigenvalue weighted by Gasteiger charge is -2.23. The lowest BCUT2D eigenvalue weighted by molar-refractivity contribution is 0.0959. The van der Waals surface area contributed by atoms with E-state index >= 15 is 0 Å². The number of fused-ring (bicyclic) bond motifs is 2. The quantitative estimate of drug-likeness (QED) is 0.330. The molecule has 0 unspecified atom stereocenters. The Morgan fingerprint density at radius 3 is 2.61 bits per heavy atom. The van der Waals surface area contributed by atoms with Crippen molar-refractivity contribution in [3.05, 3.63) is 88.6 Å². The number of anilines is 1. The summed E-state index contributed by atoms with van der Waals surface area (Å²) in [5.74, 6) is -0.229. The fraction of sp³-hybridized carbons (Fsp3) is 0.192. The summed E-state index contributed by atoms with van der Waals surface area (Å²) in [5.41, 5.74) is 8.00. The van der Waals surface area contributed by atoms with Crippen molar-refractivity contribution in [2.24, 2.45) is 5.10 Å². The van der Waals surface area contributed by atoms with Gasteiger partial charge in [-0.15, -0.1) is 11.3 Å². The van der Waals surface area contributed by atoms with Crippen LogP contribution in [0, 0.1) is 6.92 Å². The van der Waals surface area contributed by atoms with Crippen LogP contribution in [0.5, 0.6) is 0 Å². The van der Waals surface area contributed by atoms with Crippen molar-refractivity contribution in [3.8, 4) is 5.69 Å². The number of amides is 1. The number of allylic oxidation sites excluding steroid dienone is 2. The van der Waals surface area contributed by atoms with Crippen LogP contribution in [0.3, 0.4) is 0 Å². The van der Waals surface area contributed by atoms with E-state index in [2.05, 4.69) is 59.6 Å². The molecule has 0 bridgehead atoms. The van der Waals surface area contributed by atoms with E-state index < -0.39 is 0 Å². The van der Waals surface area contributed by atoms with Crippen molar-refractivity contribution < 1.29 is 4.79 Å². The molecule has 166 valence electrons. The Kier molecular flexibility index (Phi) is 5.13. The number of hydrogen-bond donors (Lipinski definition) is 1. The molecule has 2 aromatic carbocycles. The van der Waals surface area contributed by atoms with Crippen LogP contribution in [0.15, 0.2) is 77.5 Å². The van der Waals surface area contributed by atoms with Gasteiger partial charge in [0, 0.05) is 35.4 Å². The Hall–Kier alpha value is -3.71. The number of nitrogens with one attached hydrogen (secondary N) is 1. The van der Waals surface area contributed by atoms with Crippen LogP contribution in [0.4, 0.5) is 5.69 Å². The molecule has 33 heavy (non-hydrogen) atoms. The summed E-state index contributed by atoms with van der Waals surface area (Å²) in [6.45, 7) is 6.35. The summed E-state index contributed by atoms with van der Waals surface area (Å²) in [7, 11) is 2.06. The van der Waals surface area contributed by atoms with Gasteiger partial charge in [-0.2, -0.15) is 10.2 Å². The topological polar surface area (TPSA) is 62.5 Å². The van der Waals surface area contributed by atoms with Gasteiger partial charge < -0.3 is 4.90 Å². The Morgan fingerprint density at radius 1 is 1.12 bits per heavy atom. The number of nitrogens with zero attached hydrogens (tertiary/aromatic N) is 4. The molecule has 1 amide bonds. The first-order valence-corrected chi connectivity index (χ1v) is 11.6. The van der Waals surface area contributed by atoms with Gasteiger partial charge in [-0.05, 0) is 42.8 Å². The number of hydrogen-bond acceptors (Lipinski definition) is 5. The van der Waals surface area contributed by atoms with Gasteiger partial charge in [0.2, 0.25) is 0 Å². The van der Waals surface area contributed by atoms with E-state index in [9.17, 15) is 4.79 Å². The highest BCUT2D eigenvalue weighted by molar-refractivity contribution is 7.20. The molecule has 1 N–H and O–H groups in total. The van der Waals surface area contributed by atoms with E-state index in [-0.39, 0.29) is 11.3 Å². The first kappa shape index (κ1) is 21.2. The van der Waals surface area contributed by atoms with Gasteiger partial charge in [0.1, 0.15) is 4.83 Å². The molecule has 2 aromatic heterocycles. The number of aromatic nitrogens is 2. The third-order valence-corrected chi connectivity index (χ3v) is 7.29. The number of thiophene rings is 1. The van der Waals surface area contributed by atoms with Crippen molar-refractivity contribution in [2.45, 2.75) is 26.2 Å². The SMILES string of the molecule is Cc1nn(-c2ccccc2)c2sc(C(=O)N/N=C\C=C3/N(C)c4ccccc4C3(C)C)cc12. The Bertz CT molecular complexity index is 1410. The number of carbonyl (C=O) groups excluding carboxylic acids is 1. The molecule has 0 spiro atoms. The minimum absolute atomic E-state index is 0.131. The summed E-state index contributed by atoms with van der Waals surface area (Å²) in [6, 6.07) is 20.2. The Morgan fingerprint density at radius 2 is 1.85 bits per heavy atom. The van der Waals surface area contributed by atoms with Crippen LogP contribution in [0.25, 0.3) is 15.9 Å². The zero-order valence-electron chi connectivity index (χ0n) is 19.0. The molecule has 1 aliphatic heterocycles. The van der Waals surface area contributed by atoms with Crippen LogP contribution in [-0.2, 0) is 5.41 Å². The third kappa shape index (κ3) is 3.54. The van der Waals surface area contributed by atoms with Gasteiger partial charge >= 0.3 is 0 Å². The second kappa shape index (κ2) is 8.01. The molecule has 7 heteroatoms. The highest BCUT2D eigenvalue weighted by atomic mass is 32.1. The van der Waals surface area contributed by atoms with Crippen molar-refractivity contribution >= 4 is 39.4 Å². The van der Waals surface area contributed by atoms with E-state index in [0.29, 0.717) is 4.88 Å². The lowest BCUT2D eigenvalue weighted by atomic mass is 9.84. The maximum atomic E-state index is 12.8. The summed E-state index contributed by atoms with van der Waals surface area (Å²) in [5, 5.41) is 9.80. The first-order chi connectivity index (χ1) is 15.9. The second-order valence-corrected chi connectivity index (χ2v) is 9.67. The summed E-state index contributed by atoms with van der Waals surface area (Å²) in [6.07, 6.45) is 3.62. The minimum Gasteiger partial charge on any atom is -0.347 e. The van der Waals surface area contributed by atoms with Crippen molar-refractivity contribution in [1.29, 1.82) is 0 Å². The third-order valence-electron chi connectivity index (χ3n) is 6.18. The summed E-state index contributed by atoms with van der Waals surface area (Å²) >= 11 is 1.41. The molecule has 0 fully saturated rings. The molecule has 1 aliphatic rings. The van der Waals surface area contributed by atoms with E-state index in [1.165, 1.54) is 22.6 Å². The molecule has 0 saturated carbocycles. The molecule has 4 aromatic rings. The largest absolute Gasteiger partial charge is 0.347 e. The van der Waals surface area contributed by atoms with E-state index in [1.54, 1.807) is 6.21 Å². The van der Waals surface area contributed by atoms with Gasteiger partial charge in [-0.3, -0.25) is 4.79 Å². The van der Waals surface area contributed by atoms with E-state index in [4.69, 9.17) is 0 Å². The number of rotatable bonds is 4. The maximum Gasteiger partial charge on any atom is 0.281 e. The van der Waals surface area contributed by atoms with Crippen molar-refractivity contribution in [1.82, 2.24) is 15.2 Å². The number of likely N-dealkylation sites (N-methyl/N-ethyl adjacent to an activating group) is 1. The minimum atomic E-state index is -0.229. The van der Waals surface area contributed by atoms with Crippen LogP contribution >= 0.6 is 11.3 Å². The van der Waals surface area contributed by atoms with Crippen molar-refractivity contribution in [2.75, 3.05) is 11.9 Å². The molecule has 6 nitrogen and oxygen atoms in total. The fourth-order valence-corrected chi connectivity index (χ4v) is 5.54. The highest BCUT2D eigenvalue weighted by Gasteiger charge is 2.37. The monoisotopic (exact) mass is 455 g/mol. The highest BCUT2D eigenvalue weighted by Crippen LogP contribution is 2.46.